The van der Waals surface area contributed by atoms with Gasteiger partial charge in [0.25, 0.3) is 0 Å². The molecular weight excluding hydrogens is 240 g/mol. The number of rotatable bonds is 0. The molecule has 0 spiro atoms. The molecule has 52 valence electrons. The summed E-state index contributed by atoms with van der Waals surface area (Å²) in [5.74, 6) is -1.66. The van der Waals surface area contributed by atoms with E-state index >= 15 is 0 Å². The van der Waals surface area contributed by atoms with Crippen molar-refractivity contribution in [2.45, 2.75) is 9.94 Å². The summed E-state index contributed by atoms with van der Waals surface area (Å²) in [5.41, 5.74) is 0. The molecule has 1 heterocycles. The zero-order valence-electron chi connectivity index (χ0n) is 5.04. The number of hydrogen-bond donors (Lipinski definition) is 0. The van der Waals surface area contributed by atoms with Crippen molar-refractivity contribution in [2.24, 2.45) is 0 Å². The second kappa shape index (κ2) is 1.86. The maximum atomic E-state index is 10.3. The first-order valence-corrected chi connectivity index (χ1v) is 8.78. The van der Waals surface area contributed by atoms with Crippen LogP contribution in [0.3, 0.4) is 0 Å². The molecule has 0 unspecified atom stereocenters. The quantitative estimate of drug-likeness (QED) is 0.438. The Balaban J connectivity index is 2.76. The third-order valence-electron chi connectivity index (χ3n) is 0.719. The minimum atomic E-state index is -2.85. The molecular formula is C4H6O4Te. The first-order valence-electron chi connectivity index (χ1n) is 2.22. The van der Waals surface area contributed by atoms with Gasteiger partial charge < -0.3 is 0 Å². The zero-order valence-corrected chi connectivity index (χ0v) is 7.37. The van der Waals surface area contributed by atoms with Crippen LogP contribution in [0.5, 0.6) is 0 Å². The van der Waals surface area contributed by atoms with E-state index < -0.39 is 30.9 Å². The molecule has 0 saturated carbocycles. The van der Waals surface area contributed by atoms with Crippen molar-refractivity contribution in [3.05, 3.63) is 0 Å². The Morgan fingerprint density at radius 1 is 1.11 bits per heavy atom. The molecule has 0 N–H and O–H groups in total. The van der Waals surface area contributed by atoms with Crippen molar-refractivity contribution in [2.75, 3.05) is 0 Å². The molecule has 0 aliphatic carbocycles. The molecule has 1 fully saturated rings. The van der Waals surface area contributed by atoms with Crippen LogP contribution in [-0.2, 0) is 15.8 Å². The molecule has 4 nitrogen and oxygen atoms in total. The van der Waals surface area contributed by atoms with Crippen LogP contribution in [0.15, 0.2) is 0 Å². The third kappa shape index (κ3) is 1.35. The van der Waals surface area contributed by atoms with Gasteiger partial charge in [0.2, 0.25) is 0 Å². The molecule has 0 aromatic carbocycles. The van der Waals surface area contributed by atoms with E-state index in [2.05, 4.69) is 6.20 Å². The average molecular weight is 246 g/mol. The topological polar surface area (TPSA) is 52.6 Å². The summed E-state index contributed by atoms with van der Waals surface area (Å²) in [4.78, 5) is 24.1. The van der Waals surface area contributed by atoms with Gasteiger partial charge in [0, 0.05) is 0 Å². The second-order valence-corrected chi connectivity index (χ2v) is 9.36. The molecule has 0 aromatic rings. The standard InChI is InChI=1S/C4H6O4Te/c1-9(2)7-3(5)4(6)8-9/h1-2H3. The van der Waals surface area contributed by atoms with Gasteiger partial charge in [-0.1, -0.05) is 0 Å². The molecule has 0 bridgehead atoms. The Kier molecular flexibility index (Phi) is 1.41. The van der Waals surface area contributed by atoms with E-state index in [0.29, 0.717) is 0 Å². The Hall–Kier alpha value is -0.270. The van der Waals surface area contributed by atoms with Crippen LogP contribution in [0.25, 0.3) is 0 Å². The van der Waals surface area contributed by atoms with Gasteiger partial charge in [-0.05, 0) is 0 Å². The molecule has 0 amide bonds. The SMILES string of the molecule is C[Te]1(C)OC(=O)C(=O)O1. The van der Waals surface area contributed by atoms with Crippen LogP contribution in [0.2, 0.25) is 9.94 Å². The van der Waals surface area contributed by atoms with E-state index in [-0.39, 0.29) is 0 Å². The predicted molar refractivity (Wildman–Crippen MR) is 29.7 cm³/mol. The molecule has 0 radical (unpaired) electrons. The van der Waals surface area contributed by atoms with Crippen LogP contribution in [-0.4, -0.2) is 30.9 Å². The van der Waals surface area contributed by atoms with Gasteiger partial charge in [-0.2, -0.15) is 0 Å². The van der Waals surface area contributed by atoms with Gasteiger partial charge >= 0.3 is 56.7 Å². The summed E-state index contributed by atoms with van der Waals surface area (Å²) in [5, 5.41) is 0. The normalized spacial score (nSPS) is 26.9. The van der Waals surface area contributed by atoms with Gasteiger partial charge in [-0.15, -0.1) is 0 Å². The molecule has 1 aliphatic rings. The summed E-state index contributed by atoms with van der Waals surface area (Å²) in [6.07, 6.45) is 0. The Labute approximate surface area is 57.0 Å². The fourth-order valence-corrected chi connectivity index (χ4v) is 3.02. The fourth-order valence-electron chi connectivity index (χ4n) is 0.450. The van der Waals surface area contributed by atoms with E-state index in [1.807, 2.05) is 0 Å². The first kappa shape index (κ1) is 6.84. The molecule has 0 aromatic heterocycles. The number of hydrogen-bond acceptors (Lipinski definition) is 4. The van der Waals surface area contributed by atoms with Crippen molar-refractivity contribution >= 4 is 30.9 Å². The van der Waals surface area contributed by atoms with E-state index in [4.69, 9.17) is 0 Å². The van der Waals surface area contributed by atoms with E-state index in [1.165, 1.54) is 0 Å². The zero-order chi connectivity index (χ0) is 7.07. The van der Waals surface area contributed by atoms with Crippen molar-refractivity contribution < 1.29 is 15.8 Å². The van der Waals surface area contributed by atoms with Gasteiger partial charge in [0.1, 0.15) is 0 Å². The third-order valence-corrected chi connectivity index (χ3v) is 3.87. The number of carbonyl (C=O) groups excluding carboxylic acids is 2. The summed E-state index contributed by atoms with van der Waals surface area (Å²) >= 11 is -2.85. The molecule has 1 aliphatic heterocycles. The summed E-state index contributed by atoms with van der Waals surface area (Å²) < 4.78 is 9.28. The van der Waals surface area contributed by atoms with E-state index in [0.717, 1.165) is 0 Å². The van der Waals surface area contributed by atoms with Gasteiger partial charge in [0.15, 0.2) is 0 Å². The molecule has 9 heavy (non-hydrogen) atoms. The summed E-state index contributed by atoms with van der Waals surface area (Å²) in [6, 6.07) is 0. The Morgan fingerprint density at radius 3 is 1.56 bits per heavy atom. The fraction of sp³-hybridized carbons (Fsp3) is 0.500. The van der Waals surface area contributed by atoms with Crippen LogP contribution >= 0.6 is 0 Å². The van der Waals surface area contributed by atoms with Gasteiger partial charge in [-0.3, -0.25) is 0 Å². The summed E-state index contributed by atoms with van der Waals surface area (Å²) in [7, 11) is 0. The maximum absolute atomic E-state index is 10.3. The average Bonchev–Trinajstić information content (AvgIpc) is 1.79. The van der Waals surface area contributed by atoms with E-state index in [9.17, 15) is 9.59 Å². The van der Waals surface area contributed by atoms with Crippen LogP contribution in [0, 0.1) is 0 Å². The molecule has 1 rings (SSSR count). The van der Waals surface area contributed by atoms with Gasteiger partial charge in [0.05, 0.1) is 0 Å². The predicted octanol–water partition coefficient (Wildman–Crippen LogP) is -0.212. The summed E-state index contributed by atoms with van der Waals surface area (Å²) in [6.45, 7) is 0. The van der Waals surface area contributed by atoms with Crippen LogP contribution < -0.4 is 0 Å². The minimum absolute atomic E-state index is 0.832. The van der Waals surface area contributed by atoms with Gasteiger partial charge in [-0.25, -0.2) is 0 Å². The second-order valence-electron chi connectivity index (χ2n) is 1.88. The Morgan fingerprint density at radius 2 is 1.44 bits per heavy atom. The Bertz CT molecular complexity index is 155. The van der Waals surface area contributed by atoms with Crippen molar-refractivity contribution in [1.29, 1.82) is 0 Å². The van der Waals surface area contributed by atoms with E-state index in [1.54, 1.807) is 9.94 Å². The molecule has 5 heteroatoms. The van der Waals surface area contributed by atoms with Crippen molar-refractivity contribution in [3.8, 4) is 0 Å². The monoisotopic (exact) mass is 248 g/mol. The van der Waals surface area contributed by atoms with Crippen molar-refractivity contribution in [3.63, 3.8) is 0 Å². The van der Waals surface area contributed by atoms with Crippen molar-refractivity contribution in [1.82, 2.24) is 0 Å². The first-order chi connectivity index (χ1) is 4.01. The van der Waals surface area contributed by atoms with Crippen LogP contribution in [0.1, 0.15) is 0 Å². The van der Waals surface area contributed by atoms with Crippen LogP contribution in [0.4, 0.5) is 0 Å². The number of carbonyl (C=O) groups is 2. The molecule has 1 saturated heterocycles. The molecule has 0 atom stereocenters.